The van der Waals surface area contributed by atoms with Gasteiger partial charge in [-0.1, -0.05) is 18.2 Å². The Kier molecular flexibility index (Phi) is 4.30. The highest BCUT2D eigenvalue weighted by molar-refractivity contribution is 6.45. The quantitative estimate of drug-likeness (QED) is 0.778. The largest absolute Gasteiger partial charge is 0.366 e. The molecule has 2 aliphatic heterocycles. The third-order valence-corrected chi connectivity index (χ3v) is 5.36. The molecule has 0 aliphatic carbocycles. The molecule has 0 aromatic heterocycles. The van der Waals surface area contributed by atoms with E-state index in [1.165, 1.54) is 17.0 Å². The molecular weight excluding hydrogens is 343 g/mol. The Morgan fingerprint density at radius 2 is 1.52 bits per heavy atom. The van der Waals surface area contributed by atoms with Gasteiger partial charge in [0.2, 0.25) is 0 Å². The van der Waals surface area contributed by atoms with E-state index in [-0.39, 0.29) is 17.6 Å². The Morgan fingerprint density at radius 1 is 0.852 bits per heavy atom. The van der Waals surface area contributed by atoms with Crippen LogP contribution in [0.3, 0.4) is 0 Å². The molecule has 0 bridgehead atoms. The second-order valence-electron chi connectivity index (χ2n) is 7.14. The lowest BCUT2D eigenvalue weighted by Gasteiger charge is -2.20. The van der Waals surface area contributed by atoms with Crippen molar-refractivity contribution in [3.8, 4) is 0 Å². The molecule has 2 heterocycles. The molecule has 0 unspecified atom stereocenters. The minimum absolute atomic E-state index is 0.301. The molecule has 0 saturated carbocycles. The van der Waals surface area contributed by atoms with Crippen LogP contribution in [0.4, 0.5) is 10.1 Å². The molecule has 0 N–H and O–H groups in total. The third-order valence-electron chi connectivity index (χ3n) is 5.36. The second-order valence-corrected chi connectivity index (χ2v) is 7.14. The van der Waals surface area contributed by atoms with Crippen molar-refractivity contribution in [3.63, 3.8) is 0 Å². The summed E-state index contributed by atoms with van der Waals surface area (Å²) in [6.45, 7) is 5.45. The van der Waals surface area contributed by atoms with Gasteiger partial charge >= 0.3 is 0 Å². The molecule has 2 amide bonds. The summed E-state index contributed by atoms with van der Waals surface area (Å²) >= 11 is 0. The first-order chi connectivity index (χ1) is 13.0. The number of carbonyl (C=O) groups is 2. The molecule has 1 fully saturated rings. The molecule has 4 nitrogen and oxygen atoms in total. The topological polar surface area (TPSA) is 40.6 Å². The molecule has 2 aliphatic rings. The number of hydrogen-bond acceptors (Lipinski definition) is 3. The molecular formula is C22H21FN2O2. The van der Waals surface area contributed by atoms with Gasteiger partial charge in [0.15, 0.2) is 0 Å². The van der Waals surface area contributed by atoms with E-state index in [9.17, 15) is 14.0 Å². The maximum atomic E-state index is 13.4. The summed E-state index contributed by atoms with van der Waals surface area (Å²) in [4.78, 5) is 29.8. The number of benzene rings is 2. The molecule has 138 valence electrons. The highest BCUT2D eigenvalue weighted by Gasteiger charge is 2.43. The lowest BCUT2D eigenvalue weighted by atomic mass is 10.0. The van der Waals surface area contributed by atoms with E-state index < -0.39 is 0 Å². The summed E-state index contributed by atoms with van der Waals surface area (Å²) in [5.41, 5.74) is 4.06. The predicted molar refractivity (Wildman–Crippen MR) is 103 cm³/mol. The van der Waals surface area contributed by atoms with Gasteiger partial charge in [-0.05, 0) is 67.6 Å². The number of aryl methyl sites for hydroxylation is 2. The van der Waals surface area contributed by atoms with Gasteiger partial charge in [-0.3, -0.25) is 9.59 Å². The number of amides is 2. The van der Waals surface area contributed by atoms with E-state index >= 15 is 0 Å². The Hall–Kier alpha value is -2.95. The van der Waals surface area contributed by atoms with Crippen molar-refractivity contribution in [3.05, 3.63) is 70.7 Å². The molecule has 0 radical (unpaired) electrons. The summed E-state index contributed by atoms with van der Waals surface area (Å²) in [5, 5.41) is 0. The fraction of sp³-hybridized carbons (Fsp3) is 0.273. The maximum Gasteiger partial charge on any atom is 0.282 e. The fourth-order valence-electron chi connectivity index (χ4n) is 3.73. The van der Waals surface area contributed by atoms with Crippen LogP contribution in [0.15, 0.2) is 48.2 Å². The molecule has 5 heteroatoms. The SMILES string of the molecule is Cc1ccc(N2C(=O)C(c3ccc(F)cc3)=C(N3CCCC3)C2=O)cc1C. The van der Waals surface area contributed by atoms with Gasteiger partial charge in [0.25, 0.3) is 11.8 Å². The van der Waals surface area contributed by atoms with Crippen molar-refractivity contribution < 1.29 is 14.0 Å². The van der Waals surface area contributed by atoms with E-state index in [0.29, 0.717) is 22.5 Å². The average molecular weight is 364 g/mol. The number of carbonyl (C=O) groups excluding carboxylic acids is 2. The Balaban J connectivity index is 1.83. The zero-order chi connectivity index (χ0) is 19.1. The number of likely N-dealkylation sites (tertiary alicyclic amines) is 1. The van der Waals surface area contributed by atoms with Gasteiger partial charge in [0.05, 0.1) is 11.3 Å². The third kappa shape index (κ3) is 2.93. The zero-order valence-electron chi connectivity index (χ0n) is 15.5. The first-order valence-electron chi connectivity index (χ1n) is 9.18. The minimum Gasteiger partial charge on any atom is -0.366 e. The lowest BCUT2D eigenvalue weighted by Crippen LogP contribution is -2.34. The number of rotatable bonds is 3. The maximum absolute atomic E-state index is 13.4. The van der Waals surface area contributed by atoms with Crippen LogP contribution in [-0.2, 0) is 9.59 Å². The van der Waals surface area contributed by atoms with Gasteiger partial charge in [0, 0.05) is 13.1 Å². The second kappa shape index (κ2) is 6.65. The number of nitrogens with zero attached hydrogens (tertiary/aromatic N) is 2. The van der Waals surface area contributed by atoms with E-state index in [1.54, 1.807) is 18.2 Å². The molecule has 27 heavy (non-hydrogen) atoms. The fourth-order valence-corrected chi connectivity index (χ4v) is 3.73. The van der Waals surface area contributed by atoms with Crippen LogP contribution >= 0.6 is 0 Å². The molecule has 0 spiro atoms. The summed E-state index contributed by atoms with van der Waals surface area (Å²) in [7, 11) is 0. The monoisotopic (exact) mass is 364 g/mol. The predicted octanol–water partition coefficient (Wildman–Crippen LogP) is 3.82. The smallest absolute Gasteiger partial charge is 0.282 e. The number of halogens is 1. The van der Waals surface area contributed by atoms with Gasteiger partial charge in [-0.15, -0.1) is 0 Å². The molecule has 2 aromatic rings. The van der Waals surface area contributed by atoms with Crippen molar-refractivity contribution in [2.24, 2.45) is 0 Å². The van der Waals surface area contributed by atoms with E-state index in [1.807, 2.05) is 30.9 Å². The minimum atomic E-state index is -0.370. The van der Waals surface area contributed by atoms with Crippen molar-refractivity contribution >= 4 is 23.1 Å². The lowest BCUT2D eigenvalue weighted by molar-refractivity contribution is -0.120. The first kappa shape index (κ1) is 17.5. The number of imide groups is 1. The standard InChI is InChI=1S/C22H21FN2O2/c1-14-5-10-18(13-15(14)2)25-21(26)19(16-6-8-17(23)9-7-16)20(22(25)27)24-11-3-4-12-24/h5-10,13H,3-4,11-12H2,1-2H3. The van der Waals surface area contributed by atoms with Crippen molar-refractivity contribution in [1.29, 1.82) is 0 Å². The molecule has 1 saturated heterocycles. The normalized spacial score (nSPS) is 17.4. The molecule has 4 rings (SSSR count). The number of anilines is 1. The zero-order valence-corrected chi connectivity index (χ0v) is 15.5. The van der Waals surface area contributed by atoms with Crippen LogP contribution in [0.1, 0.15) is 29.5 Å². The van der Waals surface area contributed by atoms with Gasteiger partial charge in [-0.25, -0.2) is 9.29 Å². The van der Waals surface area contributed by atoms with Crippen molar-refractivity contribution in [1.82, 2.24) is 4.90 Å². The summed E-state index contributed by atoms with van der Waals surface area (Å²) in [6, 6.07) is 11.3. The molecule has 0 atom stereocenters. The summed E-state index contributed by atoms with van der Waals surface area (Å²) in [5.74, 6) is -1.02. The van der Waals surface area contributed by atoms with Crippen molar-refractivity contribution in [2.45, 2.75) is 26.7 Å². The van der Waals surface area contributed by atoms with E-state index in [2.05, 4.69) is 0 Å². The van der Waals surface area contributed by atoms with Crippen LogP contribution in [-0.4, -0.2) is 29.8 Å². The van der Waals surface area contributed by atoms with E-state index in [4.69, 9.17) is 0 Å². The number of hydrogen-bond donors (Lipinski definition) is 0. The summed E-state index contributed by atoms with van der Waals surface area (Å²) in [6.07, 6.45) is 1.98. The Labute approximate surface area is 157 Å². The van der Waals surface area contributed by atoms with E-state index in [0.717, 1.165) is 37.1 Å². The highest BCUT2D eigenvalue weighted by Crippen LogP contribution is 2.36. The van der Waals surface area contributed by atoms with Gasteiger partial charge in [-0.2, -0.15) is 0 Å². The van der Waals surface area contributed by atoms with Gasteiger partial charge < -0.3 is 4.90 Å². The Morgan fingerprint density at radius 3 is 2.15 bits per heavy atom. The van der Waals surface area contributed by atoms with Crippen LogP contribution in [0.5, 0.6) is 0 Å². The highest BCUT2D eigenvalue weighted by atomic mass is 19.1. The molecule has 2 aromatic carbocycles. The first-order valence-corrected chi connectivity index (χ1v) is 9.18. The van der Waals surface area contributed by atoms with Crippen molar-refractivity contribution in [2.75, 3.05) is 18.0 Å². The van der Waals surface area contributed by atoms with Gasteiger partial charge in [0.1, 0.15) is 11.5 Å². The van der Waals surface area contributed by atoms with Crippen LogP contribution in [0.25, 0.3) is 5.57 Å². The van der Waals surface area contributed by atoms with Crippen LogP contribution in [0.2, 0.25) is 0 Å². The average Bonchev–Trinajstić information content (AvgIpc) is 3.25. The van der Waals surface area contributed by atoms with Crippen LogP contribution < -0.4 is 4.90 Å². The summed E-state index contributed by atoms with van der Waals surface area (Å²) < 4.78 is 13.4. The Bertz CT molecular complexity index is 957. The van der Waals surface area contributed by atoms with Crippen LogP contribution in [0, 0.1) is 19.7 Å².